The van der Waals surface area contributed by atoms with Crippen molar-refractivity contribution in [3.8, 4) is 0 Å². The van der Waals surface area contributed by atoms with Crippen LogP contribution in [0.15, 0.2) is 11.6 Å². The molecule has 0 aliphatic rings. The molecular formula is C11H20O2. The van der Waals surface area contributed by atoms with Crippen molar-refractivity contribution >= 4 is 5.97 Å². The molecule has 0 saturated carbocycles. The van der Waals surface area contributed by atoms with E-state index in [9.17, 15) is 4.79 Å². The van der Waals surface area contributed by atoms with E-state index >= 15 is 0 Å². The Morgan fingerprint density at radius 1 is 1.46 bits per heavy atom. The molecule has 0 amide bonds. The van der Waals surface area contributed by atoms with Gasteiger partial charge in [-0.1, -0.05) is 38.8 Å². The number of hydrogen-bond acceptors (Lipinski definition) is 1. The van der Waals surface area contributed by atoms with Crippen LogP contribution in [0.25, 0.3) is 0 Å². The summed E-state index contributed by atoms with van der Waals surface area (Å²) in [6, 6.07) is 0. The van der Waals surface area contributed by atoms with Gasteiger partial charge in [0.25, 0.3) is 0 Å². The molecule has 2 nitrogen and oxygen atoms in total. The Morgan fingerprint density at radius 2 is 2.08 bits per heavy atom. The average molecular weight is 184 g/mol. The molecule has 76 valence electrons. The number of unbranched alkanes of at least 4 members (excludes halogenated alkanes) is 1. The minimum Gasteiger partial charge on any atom is -0.481 e. The first-order valence-corrected chi connectivity index (χ1v) is 5.02. The highest BCUT2D eigenvalue weighted by atomic mass is 16.4. The molecule has 1 N–H and O–H groups in total. The third-order valence-electron chi connectivity index (χ3n) is 2.17. The summed E-state index contributed by atoms with van der Waals surface area (Å²) in [6.07, 6.45) is 6.04. The molecule has 1 atom stereocenters. The van der Waals surface area contributed by atoms with Gasteiger partial charge in [-0.2, -0.15) is 0 Å². The molecule has 2 heteroatoms. The van der Waals surface area contributed by atoms with E-state index in [1.54, 1.807) is 6.92 Å². The highest BCUT2D eigenvalue weighted by Gasteiger charge is 2.11. The van der Waals surface area contributed by atoms with Crippen LogP contribution in [0.4, 0.5) is 0 Å². The van der Waals surface area contributed by atoms with Gasteiger partial charge in [-0.3, -0.25) is 4.79 Å². The molecule has 0 unspecified atom stereocenters. The first kappa shape index (κ1) is 12.2. The van der Waals surface area contributed by atoms with Gasteiger partial charge in [0.1, 0.15) is 0 Å². The van der Waals surface area contributed by atoms with E-state index in [0.29, 0.717) is 6.42 Å². The fourth-order valence-corrected chi connectivity index (χ4v) is 1.20. The summed E-state index contributed by atoms with van der Waals surface area (Å²) in [5.74, 6) is -0.945. The van der Waals surface area contributed by atoms with Crippen molar-refractivity contribution < 1.29 is 9.90 Å². The van der Waals surface area contributed by atoms with Crippen LogP contribution in [0.1, 0.15) is 46.5 Å². The van der Waals surface area contributed by atoms with Crippen LogP contribution in [0.5, 0.6) is 0 Å². The normalized spacial score (nSPS) is 14.2. The van der Waals surface area contributed by atoms with Gasteiger partial charge in [-0.25, -0.2) is 0 Å². The van der Waals surface area contributed by atoms with Crippen molar-refractivity contribution in [1.29, 1.82) is 0 Å². The second kappa shape index (κ2) is 6.70. The van der Waals surface area contributed by atoms with Gasteiger partial charge >= 0.3 is 5.97 Å². The molecule has 0 heterocycles. The van der Waals surface area contributed by atoms with E-state index in [4.69, 9.17) is 5.11 Å². The van der Waals surface area contributed by atoms with Gasteiger partial charge in [0.05, 0.1) is 5.92 Å². The lowest BCUT2D eigenvalue weighted by Crippen LogP contribution is -2.10. The van der Waals surface area contributed by atoms with Gasteiger partial charge in [0.2, 0.25) is 0 Å². The smallest absolute Gasteiger partial charge is 0.306 e. The van der Waals surface area contributed by atoms with Gasteiger partial charge in [0.15, 0.2) is 0 Å². The van der Waals surface area contributed by atoms with E-state index in [1.165, 1.54) is 5.57 Å². The van der Waals surface area contributed by atoms with E-state index in [2.05, 4.69) is 19.9 Å². The van der Waals surface area contributed by atoms with Gasteiger partial charge in [0, 0.05) is 0 Å². The SMILES string of the molecule is CCC/C=C(\CC)C[C@@H](C)C(=O)O. The minimum atomic E-state index is -0.698. The number of hydrogen-bond donors (Lipinski definition) is 1. The van der Waals surface area contributed by atoms with Crippen LogP contribution in [0.2, 0.25) is 0 Å². The number of rotatable bonds is 6. The summed E-state index contributed by atoms with van der Waals surface area (Å²) in [6.45, 7) is 5.97. The summed E-state index contributed by atoms with van der Waals surface area (Å²) in [5, 5.41) is 8.72. The third-order valence-corrected chi connectivity index (χ3v) is 2.17. The van der Waals surface area contributed by atoms with E-state index in [1.807, 2.05) is 0 Å². The monoisotopic (exact) mass is 184 g/mol. The van der Waals surface area contributed by atoms with Crippen molar-refractivity contribution in [3.63, 3.8) is 0 Å². The largest absolute Gasteiger partial charge is 0.481 e. The van der Waals surface area contributed by atoms with E-state index in [-0.39, 0.29) is 5.92 Å². The lowest BCUT2D eigenvalue weighted by Gasteiger charge is -2.08. The Kier molecular flexibility index (Phi) is 6.29. The lowest BCUT2D eigenvalue weighted by atomic mass is 9.98. The fraction of sp³-hybridized carbons (Fsp3) is 0.727. The predicted octanol–water partition coefficient (Wildman–Crippen LogP) is 3.23. The first-order valence-electron chi connectivity index (χ1n) is 5.02. The second-order valence-corrected chi connectivity index (χ2v) is 3.45. The highest BCUT2D eigenvalue weighted by molar-refractivity contribution is 5.69. The van der Waals surface area contributed by atoms with E-state index < -0.39 is 5.97 Å². The molecule has 0 fully saturated rings. The lowest BCUT2D eigenvalue weighted by molar-refractivity contribution is -0.141. The summed E-state index contributed by atoms with van der Waals surface area (Å²) < 4.78 is 0. The van der Waals surface area contributed by atoms with Crippen LogP contribution in [0, 0.1) is 5.92 Å². The quantitative estimate of drug-likeness (QED) is 0.643. The summed E-state index contributed by atoms with van der Waals surface area (Å²) in [7, 11) is 0. The van der Waals surface area contributed by atoms with Crippen LogP contribution >= 0.6 is 0 Å². The second-order valence-electron chi connectivity index (χ2n) is 3.45. The summed E-state index contributed by atoms with van der Waals surface area (Å²) in [4.78, 5) is 10.6. The average Bonchev–Trinajstić information content (AvgIpc) is 2.11. The summed E-state index contributed by atoms with van der Waals surface area (Å²) >= 11 is 0. The Hall–Kier alpha value is -0.790. The van der Waals surface area contributed by atoms with Gasteiger partial charge < -0.3 is 5.11 Å². The van der Waals surface area contributed by atoms with Crippen LogP contribution in [0.3, 0.4) is 0 Å². The number of aliphatic carboxylic acids is 1. The maximum Gasteiger partial charge on any atom is 0.306 e. The molecular weight excluding hydrogens is 164 g/mol. The molecule has 0 radical (unpaired) electrons. The molecule has 0 aliphatic carbocycles. The molecule has 0 aromatic heterocycles. The van der Waals surface area contributed by atoms with Crippen molar-refractivity contribution in [3.05, 3.63) is 11.6 Å². The highest BCUT2D eigenvalue weighted by Crippen LogP contribution is 2.15. The third kappa shape index (κ3) is 5.45. The number of carboxylic acids is 1. The van der Waals surface area contributed by atoms with Gasteiger partial charge in [-0.05, 0) is 19.3 Å². The molecule has 0 rings (SSSR count). The molecule has 0 saturated heterocycles. The van der Waals surface area contributed by atoms with Crippen molar-refractivity contribution in [2.24, 2.45) is 5.92 Å². The zero-order chi connectivity index (χ0) is 10.3. The zero-order valence-corrected chi connectivity index (χ0v) is 8.84. The Labute approximate surface area is 80.7 Å². The van der Waals surface area contributed by atoms with Gasteiger partial charge in [-0.15, -0.1) is 0 Å². The Bertz CT molecular complexity index is 183. The van der Waals surface area contributed by atoms with E-state index in [0.717, 1.165) is 19.3 Å². The molecule has 0 aromatic rings. The van der Waals surface area contributed by atoms with Crippen molar-refractivity contribution in [1.82, 2.24) is 0 Å². The zero-order valence-electron chi connectivity index (χ0n) is 8.84. The first-order chi connectivity index (χ1) is 6.11. The fourth-order valence-electron chi connectivity index (χ4n) is 1.20. The van der Waals surface area contributed by atoms with Crippen LogP contribution in [-0.2, 0) is 4.79 Å². The standard InChI is InChI=1S/C11H20O2/c1-4-6-7-10(5-2)8-9(3)11(12)13/h7,9H,4-6,8H2,1-3H3,(H,12,13)/b10-7+/t9-/m1/s1. The molecule has 0 bridgehead atoms. The number of carboxylic acid groups (broad SMARTS) is 1. The Balaban J connectivity index is 4.04. The van der Waals surface area contributed by atoms with Crippen LogP contribution < -0.4 is 0 Å². The number of allylic oxidation sites excluding steroid dienone is 2. The molecule has 13 heavy (non-hydrogen) atoms. The predicted molar refractivity (Wildman–Crippen MR) is 54.7 cm³/mol. The summed E-state index contributed by atoms with van der Waals surface area (Å²) in [5.41, 5.74) is 1.27. The van der Waals surface area contributed by atoms with Crippen molar-refractivity contribution in [2.75, 3.05) is 0 Å². The molecule has 0 aromatic carbocycles. The molecule has 0 spiro atoms. The Morgan fingerprint density at radius 3 is 2.46 bits per heavy atom. The molecule has 0 aliphatic heterocycles. The van der Waals surface area contributed by atoms with Crippen molar-refractivity contribution in [2.45, 2.75) is 46.5 Å². The minimum absolute atomic E-state index is 0.247. The topological polar surface area (TPSA) is 37.3 Å². The maximum atomic E-state index is 10.6. The maximum absolute atomic E-state index is 10.6. The van der Waals surface area contributed by atoms with Crippen LogP contribution in [-0.4, -0.2) is 11.1 Å². The number of carbonyl (C=O) groups is 1.